The predicted octanol–water partition coefficient (Wildman–Crippen LogP) is 3.56. The topological polar surface area (TPSA) is 68.3 Å². The summed E-state index contributed by atoms with van der Waals surface area (Å²) in [4.78, 5) is 8.12. The average molecular weight is 388 g/mol. The summed E-state index contributed by atoms with van der Waals surface area (Å²) in [6.07, 6.45) is 1.41. The van der Waals surface area contributed by atoms with Gasteiger partial charge in [0, 0.05) is 13.6 Å². The third-order valence-electron chi connectivity index (χ3n) is 3.00. The number of methoxy groups -OCH3 is 2. The van der Waals surface area contributed by atoms with E-state index in [0.717, 1.165) is 10.0 Å². The van der Waals surface area contributed by atoms with E-state index in [9.17, 15) is 0 Å². The second-order valence-corrected chi connectivity index (χ2v) is 5.52. The lowest BCUT2D eigenvalue weighted by atomic mass is 10.2. The molecule has 1 aromatic carbocycles. The number of benzene rings is 1. The summed E-state index contributed by atoms with van der Waals surface area (Å²) in [7, 11) is 4.97. The maximum Gasteiger partial charge on any atom is 0.174 e. The fraction of sp³-hybridized carbons (Fsp3) is 0.286. The molecular formula is C14H16BrClN4O2. The SMILES string of the molecule is CNc1c(Cl)ncnc1NCc1cc(Br)c(OC)c(OC)c1. The van der Waals surface area contributed by atoms with Crippen molar-refractivity contribution in [1.29, 1.82) is 0 Å². The zero-order chi connectivity index (χ0) is 16.1. The lowest BCUT2D eigenvalue weighted by molar-refractivity contribution is 0.352. The molecule has 0 spiro atoms. The normalized spacial score (nSPS) is 10.2. The fourth-order valence-corrected chi connectivity index (χ4v) is 2.86. The minimum atomic E-state index is 0.369. The summed E-state index contributed by atoms with van der Waals surface area (Å²) in [5.41, 5.74) is 1.66. The van der Waals surface area contributed by atoms with E-state index >= 15 is 0 Å². The van der Waals surface area contributed by atoms with E-state index in [1.807, 2.05) is 12.1 Å². The minimum Gasteiger partial charge on any atom is -0.493 e. The number of anilines is 2. The highest BCUT2D eigenvalue weighted by atomic mass is 79.9. The Labute approximate surface area is 142 Å². The van der Waals surface area contributed by atoms with Gasteiger partial charge in [-0.05, 0) is 33.6 Å². The molecule has 2 N–H and O–H groups in total. The van der Waals surface area contributed by atoms with Gasteiger partial charge in [-0.3, -0.25) is 0 Å². The first kappa shape index (κ1) is 16.6. The van der Waals surface area contributed by atoms with Gasteiger partial charge in [-0.2, -0.15) is 0 Å². The number of halogens is 2. The van der Waals surface area contributed by atoms with Crippen molar-refractivity contribution in [2.24, 2.45) is 0 Å². The van der Waals surface area contributed by atoms with Crippen LogP contribution in [0.5, 0.6) is 11.5 Å². The minimum absolute atomic E-state index is 0.369. The van der Waals surface area contributed by atoms with E-state index in [0.29, 0.717) is 34.7 Å². The van der Waals surface area contributed by atoms with E-state index in [-0.39, 0.29) is 0 Å². The molecule has 0 radical (unpaired) electrons. The van der Waals surface area contributed by atoms with Gasteiger partial charge in [-0.15, -0.1) is 0 Å². The van der Waals surface area contributed by atoms with E-state index in [2.05, 4.69) is 36.5 Å². The number of aromatic nitrogens is 2. The van der Waals surface area contributed by atoms with Gasteiger partial charge < -0.3 is 20.1 Å². The Hall–Kier alpha value is -1.73. The Morgan fingerprint density at radius 1 is 1.23 bits per heavy atom. The van der Waals surface area contributed by atoms with Crippen LogP contribution in [0, 0.1) is 0 Å². The quantitative estimate of drug-likeness (QED) is 0.739. The van der Waals surface area contributed by atoms with Crippen LogP contribution in [0.25, 0.3) is 0 Å². The monoisotopic (exact) mass is 386 g/mol. The summed E-state index contributed by atoms with van der Waals surface area (Å²) < 4.78 is 11.4. The first-order valence-corrected chi connectivity index (χ1v) is 7.60. The summed E-state index contributed by atoms with van der Waals surface area (Å²) in [5, 5.41) is 6.57. The van der Waals surface area contributed by atoms with Crippen molar-refractivity contribution in [3.63, 3.8) is 0 Å². The van der Waals surface area contributed by atoms with Gasteiger partial charge in [0.2, 0.25) is 0 Å². The molecule has 0 aliphatic carbocycles. The van der Waals surface area contributed by atoms with E-state index in [4.69, 9.17) is 21.1 Å². The molecule has 0 unspecified atom stereocenters. The lowest BCUT2D eigenvalue weighted by Gasteiger charge is -2.14. The van der Waals surface area contributed by atoms with Crippen LogP contribution in [0.3, 0.4) is 0 Å². The predicted molar refractivity (Wildman–Crippen MR) is 91.2 cm³/mol. The molecule has 22 heavy (non-hydrogen) atoms. The maximum absolute atomic E-state index is 6.03. The third kappa shape index (κ3) is 3.53. The molecule has 0 amide bonds. The smallest absolute Gasteiger partial charge is 0.174 e. The molecule has 0 bridgehead atoms. The third-order valence-corrected chi connectivity index (χ3v) is 3.88. The molecule has 0 fully saturated rings. The van der Waals surface area contributed by atoms with Crippen molar-refractivity contribution in [3.8, 4) is 11.5 Å². The Balaban J connectivity index is 2.22. The highest BCUT2D eigenvalue weighted by Crippen LogP contribution is 2.36. The number of nitrogens with one attached hydrogen (secondary N) is 2. The van der Waals surface area contributed by atoms with Crippen molar-refractivity contribution in [3.05, 3.63) is 33.6 Å². The average Bonchev–Trinajstić information content (AvgIpc) is 2.52. The molecular weight excluding hydrogens is 372 g/mol. The van der Waals surface area contributed by atoms with E-state index < -0.39 is 0 Å². The standard InChI is InChI=1S/C14H16BrClN4O2/c1-17-11-13(16)19-7-20-14(11)18-6-8-4-9(15)12(22-3)10(5-8)21-2/h4-5,7,17H,6H2,1-3H3,(H,18,19,20). The Morgan fingerprint density at radius 2 is 2.00 bits per heavy atom. The molecule has 6 nitrogen and oxygen atoms in total. The number of hydrogen-bond donors (Lipinski definition) is 2. The van der Waals surface area contributed by atoms with Crippen molar-refractivity contribution in [1.82, 2.24) is 9.97 Å². The lowest BCUT2D eigenvalue weighted by Crippen LogP contribution is -2.06. The number of hydrogen-bond acceptors (Lipinski definition) is 6. The molecule has 2 rings (SSSR count). The van der Waals surface area contributed by atoms with Gasteiger partial charge in [0.05, 0.1) is 18.7 Å². The number of ether oxygens (including phenoxy) is 2. The van der Waals surface area contributed by atoms with Crippen LogP contribution < -0.4 is 20.1 Å². The van der Waals surface area contributed by atoms with Crippen LogP contribution in [0.4, 0.5) is 11.5 Å². The van der Waals surface area contributed by atoms with Crippen molar-refractivity contribution < 1.29 is 9.47 Å². The van der Waals surface area contributed by atoms with Crippen LogP contribution >= 0.6 is 27.5 Å². The van der Waals surface area contributed by atoms with Crippen LogP contribution in [-0.2, 0) is 6.54 Å². The van der Waals surface area contributed by atoms with E-state index in [1.54, 1.807) is 21.3 Å². The molecule has 0 atom stereocenters. The molecule has 1 heterocycles. The summed E-state index contributed by atoms with van der Waals surface area (Å²) in [6, 6.07) is 3.86. The molecule has 2 aromatic rings. The molecule has 0 aliphatic heterocycles. The van der Waals surface area contributed by atoms with Gasteiger partial charge in [0.25, 0.3) is 0 Å². The number of rotatable bonds is 6. The largest absolute Gasteiger partial charge is 0.493 e. The number of nitrogens with zero attached hydrogens (tertiary/aromatic N) is 2. The summed E-state index contributed by atoms with van der Waals surface area (Å²) in [5.74, 6) is 1.95. The highest BCUT2D eigenvalue weighted by Gasteiger charge is 2.12. The van der Waals surface area contributed by atoms with E-state index in [1.165, 1.54) is 6.33 Å². The fourth-order valence-electron chi connectivity index (χ4n) is 1.98. The molecule has 0 saturated heterocycles. The Morgan fingerprint density at radius 3 is 2.64 bits per heavy atom. The van der Waals surface area contributed by atoms with Crippen LogP contribution in [-0.4, -0.2) is 31.2 Å². The van der Waals surface area contributed by atoms with Crippen LogP contribution in [0.1, 0.15) is 5.56 Å². The first-order chi connectivity index (χ1) is 10.6. The maximum atomic E-state index is 6.03. The molecule has 1 aromatic heterocycles. The van der Waals surface area contributed by atoms with Gasteiger partial charge >= 0.3 is 0 Å². The van der Waals surface area contributed by atoms with Crippen molar-refractivity contribution in [2.45, 2.75) is 6.54 Å². The Kier molecular flexibility index (Phi) is 5.68. The summed E-state index contributed by atoms with van der Waals surface area (Å²) >= 11 is 9.50. The van der Waals surface area contributed by atoms with Gasteiger partial charge in [-0.25, -0.2) is 9.97 Å². The van der Waals surface area contributed by atoms with Crippen molar-refractivity contribution >= 4 is 39.0 Å². The van der Waals surface area contributed by atoms with Gasteiger partial charge in [-0.1, -0.05) is 11.6 Å². The second kappa shape index (κ2) is 7.51. The first-order valence-electron chi connectivity index (χ1n) is 6.43. The molecule has 0 aliphatic rings. The molecule has 0 saturated carbocycles. The molecule has 8 heteroatoms. The van der Waals surface area contributed by atoms with Crippen LogP contribution in [0.2, 0.25) is 5.15 Å². The van der Waals surface area contributed by atoms with Gasteiger partial charge in [0.15, 0.2) is 22.5 Å². The summed E-state index contributed by atoms with van der Waals surface area (Å²) in [6.45, 7) is 0.543. The highest BCUT2D eigenvalue weighted by molar-refractivity contribution is 9.10. The zero-order valence-electron chi connectivity index (χ0n) is 12.4. The Bertz CT molecular complexity index is 670. The van der Waals surface area contributed by atoms with Gasteiger partial charge in [0.1, 0.15) is 12.0 Å². The second-order valence-electron chi connectivity index (χ2n) is 4.30. The van der Waals surface area contributed by atoms with Crippen LogP contribution in [0.15, 0.2) is 22.9 Å². The zero-order valence-corrected chi connectivity index (χ0v) is 14.7. The van der Waals surface area contributed by atoms with Crippen molar-refractivity contribution in [2.75, 3.05) is 31.9 Å². The molecule has 118 valence electrons.